The Morgan fingerprint density at radius 2 is 2.04 bits per heavy atom. The highest BCUT2D eigenvalue weighted by Gasteiger charge is 2.11. The first kappa shape index (κ1) is 18.3. The number of hydrogen-bond donors (Lipinski definition) is 1. The summed E-state index contributed by atoms with van der Waals surface area (Å²) < 4.78 is 9.55. The van der Waals surface area contributed by atoms with Crippen LogP contribution in [0, 0.1) is 25.5 Å². The second-order valence-corrected chi connectivity index (χ2v) is 6.58. The Morgan fingerprint density at radius 3 is 2.77 bits per heavy atom. The molecule has 0 saturated heterocycles. The van der Waals surface area contributed by atoms with Gasteiger partial charge in [-0.05, 0) is 44.6 Å². The maximum Gasteiger partial charge on any atom is 0.216 e. The summed E-state index contributed by atoms with van der Waals surface area (Å²) in [6.45, 7) is 7.71. The monoisotopic (exact) mass is 369 g/mol. The van der Waals surface area contributed by atoms with Gasteiger partial charge in [-0.2, -0.15) is 14.9 Å². The van der Waals surface area contributed by atoms with Gasteiger partial charge in [0.1, 0.15) is 0 Å². The number of nitrogens with zero attached hydrogens (tertiary/aromatic N) is 4. The van der Waals surface area contributed by atoms with Crippen molar-refractivity contribution < 1.29 is 4.74 Å². The molecular formula is C19H23N5OS. The smallest absolute Gasteiger partial charge is 0.216 e. The minimum Gasteiger partial charge on any atom is -0.383 e. The third kappa shape index (κ3) is 3.54. The highest BCUT2D eigenvalue weighted by atomic mass is 32.1. The minimum atomic E-state index is 0.465. The summed E-state index contributed by atoms with van der Waals surface area (Å²) in [4.78, 5) is 0. The van der Waals surface area contributed by atoms with Crippen molar-refractivity contribution in [1.82, 2.24) is 19.4 Å². The molecule has 1 aromatic carbocycles. The number of aromatic amines is 1. The molecule has 7 heteroatoms. The highest BCUT2D eigenvalue weighted by Crippen LogP contribution is 2.21. The molecule has 0 aliphatic heterocycles. The van der Waals surface area contributed by atoms with E-state index in [0.29, 0.717) is 17.2 Å². The van der Waals surface area contributed by atoms with Gasteiger partial charge in [-0.25, -0.2) is 5.10 Å². The quantitative estimate of drug-likeness (QED) is 0.530. The molecular weight excluding hydrogens is 346 g/mol. The van der Waals surface area contributed by atoms with Crippen molar-refractivity contribution in [3.05, 3.63) is 57.6 Å². The number of benzene rings is 1. The maximum absolute atomic E-state index is 5.36. The Kier molecular flexibility index (Phi) is 5.49. The van der Waals surface area contributed by atoms with Gasteiger partial charge in [0, 0.05) is 36.2 Å². The van der Waals surface area contributed by atoms with E-state index in [0.717, 1.165) is 28.9 Å². The summed E-state index contributed by atoms with van der Waals surface area (Å²) in [5.74, 6) is 0.706. The lowest BCUT2D eigenvalue weighted by atomic mass is 10.1. The van der Waals surface area contributed by atoms with Crippen molar-refractivity contribution >= 4 is 18.4 Å². The van der Waals surface area contributed by atoms with Crippen LogP contribution in [0.15, 0.2) is 35.4 Å². The molecule has 0 spiro atoms. The zero-order valence-corrected chi connectivity index (χ0v) is 16.3. The maximum atomic E-state index is 5.36. The van der Waals surface area contributed by atoms with Gasteiger partial charge < -0.3 is 9.30 Å². The summed E-state index contributed by atoms with van der Waals surface area (Å²) in [5.41, 5.74) is 5.50. The third-order valence-corrected chi connectivity index (χ3v) is 4.74. The van der Waals surface area contributed by atoms with Crippen molar-refractivity contribution in [3.63, 3.8) is 0 Å². The molecule has 26 heavy (non-hydrogen) atoms. The van der Waals surface area contributed by atoms with Crippen LogP contribution in [0.1, 0.15) is 22.5 Å². The molecule has 0 atom stereocenters. The van der Waals surface area contributed by atoms with E-state index >= 15 is 0 Å². The van der Waals surface area contributed by atoms with Crippen molar-refractivity contribution in [2.75, 3.05) is 13.7 Å². The molecule has 0 aliphatic carbocycles. The van der Waals surface area contributed by atoms with E-state index in [1.165, 1.54) is 5.69 Å². The van der Waals surface area contributed by atoms with Crippen LogP contribution in [0.4, 0.5) is 0 Å². The second-order valence-electron chi connectivity index (χ2n) is 6.19. The van der Waals surface area contributed by atoms with Gasteiger partial charge >= 0.3 is 0 Å². The minimum absolute atomic E-state index is 0.465. The number of ether oxygens (including phenoxy) is 1. The number of methoxy groups -OCH3 is 1. The molecule has 2 heterocycles. The Hall–Kier alpha value is -2.51. The zero-order valence-electron chi connectivity index (χ0n) is 15.5. The molecule has 6 nitrogen and oxygen atoms in total. The molecule has 136 valence electrons. The first-order valence-electron chi connectivity index (χ1n) is 8.46. The van der Waals surface area contributed by atoms with Crippen molar-refractivity contribution in [2.45, 2.75) is 27.3 Å². The van der Waals surface area contributed by atoms with Crippen LogP contribution in [-0.2, 0) is 11.3 Å². The van der Waals surface area contributed by atoms with Crippen LogP contribution in [0.2, 0.25) is 0 Å². The van der Waals surface area contributed by atoms with Crippen molar-refractivity contribution in [3.8, 4) is 11.4 Å². The molecule has 3 aromatic rings. The SMILES string of the molecule is COCCn1c(C)cc(/C=N/n2c(-c3ccccc3C)n[nH]c2=S)c1C. The molecule has 2 aromatic heterocycles. The van der Waals surface area contributed by atoms with E-state index < -0.39 is 0 Å². The number of aryl methyl sites for hydroxylation is 2. The predicted octanol–water partition coefficient (Wildman–Crippen LogP) is 3.86. The predicted molar refractivity (Wildman–Crippen MR) is 106 cm³/mol. The Balaban J connectivity index is 1.97. The van der Waals surface area contributed by atoms with Crippen LogP contribution in [0.25, 0.3) is 11.4 Å². The van der Waals surface area contributed by atoms with Gasteiger partial charge in [0.25, 0.3) is 0 Å². The molecule has 0 amide bonds. The Labute approximate surface area is 158 Å². The molecule has 3 rings (SSSR count). The fraction of sp³-hybridized carbons (Fsp3) is 0.316. The van der Waals surface area contributed by atoms with Crippen LogP contribution in [-0.4, -0.2) is 39.4 Å². The average molecular weight is 369 g/mol. The topological polar surface area (TPSA) is 60.1 Å². The molecule has 0 aliphatic rings. The summed E-state index contributed by atoms with van der Waals surface area (Å²) in [6.07, 6.45) is 1.83. The number of H-pyrrole nitrogens is 1. The van der Waals surface area contributed by atoms with Crippen LogP contribution in [0.5, 0.6) is 0 Å². The van der Waals surface area contributed by atoms with Crippen LogP contribution in [0.3, 0.4) is 0 Å². The van der Waals surface area contributed by atoms with E-state index in [2.05, 4.69) is 39.8 Å². The number of aromatic nitrogens is 4. The lowest BCUT2D eigenvalue weighted by molar-refractivity contribution is 0.186. The number of rotatable bonds is 6. The molecule has 0 unspecified atom stereocenters. The normalized spacial score (nSPS) is 11.5. The standard InChI is InChI=1S/C19H23N5OS/c1-13-7-5-6-8-17(13)18-21-22-19(26)24(18)20-12-16-11-14(2)23(15(16)3)9-10-25-4/h5-8,11-12H,9-10H2,1-4H3,(H,22,26)/b20-12+. The first-order valence-corrected chi connectivity index (χ1v) is 8.87. The molecule has 0 fully saturated rings. The Bertz CT molecular complexity index is 996. The van der Waals surface area contributed by atoms with Crippen molar-refractivity contribution in [2.24, 2.45) is 5.10 Å². The molecule has 0 radical (unpaired) electrons. The Morgan fingerprint density at radius 1 is 1.27 bits per heavy atom. The van der Waals surface area contributed by atoms with E-state index in [-0.39, 0.29) is 0 Å². The highest BCUT2D eigenvalue weighted by molar-refractivity contribution is 7.71. The van der Waals surface area contributed by atoms with Gasteiger partial charge in [0.05, 0.1) is 12.8 Å². The number of nitrogens with one attached hydrogen (secondary N) is 1. The third-order valence-electron chi connectivity index (χ3n) is 4.48. The lowest BCUT2D eigenvalue weighted by Gasteiger charge is -2.08. The average Bonchev–Trinajstić information content (AvgIpc) is 3.11. The van der Waals surface area contributed by atoms with Gasteiger partial charge in [-0.15, -0.1) is 0 Å². The molecule has 0 saturated carbocycles. The van der Waals surface area contributed by atoms with Gasteiger partial charge in [0.15, 0.2) is 5.82 Å². The van der Waals surface area contributed by atoms with E-state index in [1.54, 1.807) is 11.8 Å². The summed E-state index contributed by atoms with van der Waals surface area (Å²) in [5, 5.41) is 11.8. The zero-order chi connectivity index (χ0) is 18.7. The van der Waals surface area contributed by atoms with E-state index in [1.807, 2.05) is 37.4 Å². The van der Waals surface area contributed by atoms with Crippen LogP contribution < -0.4 is 0 Å². The molecule has 0 bridgehead atoms. The van der Waals surface area contributed by atoms with Gasteiger partial charge in [0.2, 0.25) is 4.77 Å². The fourth-order valence-electron chi connectivity index (χ4n) is 3.00. The summed E-state index contributed by atoms with van der Waals surface area (Å²) in [7, 11) is 1.71. The van der Waals surface area contributed by atoms with Gasteiger partial charge in [-0.1, -0.05) is 24.3 Å². The summed E-state index contributed by atoms with van der Waals surface area (Å²) in [6, 6.07) is 10.2. The largest absolute Gasteiger partial charge is 0.383 e. The van der Waals surface area contributed by atoms with E-state index in [9.17, 15) is 0 Å². The number of hydrogen-bond acceptors (Lipinski definition) is 4. The van der Waals surface area contributed by atoms with Crippen LogP contribution >= 0.6 is 12.2 Å². The van der Waals surface area contributed by atoms with Crippen molar-refractivity contribution in [1.29, 1.82) is 0 Å². The lowest BCUT2D eigenvalue weighted by Crippen LogP contribution is -2.07. The van der Waals surface area contributed by atoms with Gasteiger partial charge in [-0.3, -0.25) is 0 Å². The summed E-state index contributed by atoms with van der Waals surface area (Å²) >= 11 is 5.36. The first-order chi connectivity index (χ1) is 12.5. The molecule has 1 N–H and O–H groups in total. The van der Waals surface area contributed by atoms with E-state index in [4.69, 9.17) is 17.0 Å². The fourth-order valence-corrected chi connectivity index (χ4v) is 3.18. The second kappa shape index (κ2) is 7.80.